The zero-order valence-electron chi connectivity index (χ0n) is 19.8. The van der Waals surface area contributed by atoms with Gasteiger partial charge in [0.15, 0.2) is 0 Å². The summed E-state index contributed by atoms with van der Waals surface area (Å²) in [7, 11) is 0. The van der Waals surface area contributed by atoms with E-state index < -0.39 is 5.97 Å². The van der Waals surface area contributed by atoms with Gasteiger partial charge in [0.05, 0.1) is 12.3 Å². The lowest BCUT2D eigenvalue weighted by atomic mass is 9.85. The van der Waals surface area contributed by atoms with Crippen LogP contribution in [0.1, 0.15) is 61.5 Å². The van der Waals surface area contributed by atoms with Crippen molar-refractivity contribution in [3.05, 3.63) is 52.8 Å². The Bertz CT molecular complexity index is 1040. The number of hydrogen-bond acceptors (Lipinski definition) is 5. The van der Waals surface area contributed by atoms with Gasteiger partial charge in [-0.25, -0.2) is 9.18 Å². The van der Waals surface area contributed by atoms with Crippen molar-refractivity contribution in [1.82, 2.24) is 4.90 Å². The molecule has 2 N–H and O–H groups in total. The van der Waals surface area contributed by atoms with Crippen LogP contribution >= 0.6 is 11.9 Å². The van der Waals surface area contributed by atoms with Crippen LogP contribution in [0.3, 0.4) is 0 Å². The summed E-state index contributed by atoms with van der Waals surface area (Å²) in [5.41, 5.74) is 2.55. The minimum atomic E-state index is -1.01. The predicted molar refractivity (Wildman–Crippen MR) is 131 cm³/mol. The quantitative estimate of drug-likeness (QED) is 0.411. The van der Waals surface area contributed by atoms with Gasteiger partial charge in [0.1, 0.15) is 17.1 Å². The Balaban J connectivity index is 1.55. The number of benzene rings is 2. The van der Waals surface area contributed by atoms with Crippen molar-refractivity contribution in [2.75, 3.05) is 31.0 Å². The van der Waals surface area contributed by atoms with Crippen LogP contribution in [-0.4, -0.2) is 42.2 Å². The molecule has 1 aliphatic carbocycles. The zero-order valence-corrected chi connectivity index (χ0v) is 20.6. The summed E-state index contributed by atoms with van der Waals surface area (Å²) in [6.45, 7) is 12.2. The molecular weight excluding hydrogens is 439 g/mol. The van der Waals surface area contributed by atoms with E-state index in [1.54, 1.807) is 12.1 Å². The van der Waals surface area contributed by atoms with E-state index in [9.17, 15) is 14.3 Å². The largest absolute Gasteiger partial charge is 0.492 e. The third-order valence-corrected chi connectivity index (χ3v) is 7.61. The molecule has 0 saturated heterocycles. The normalized spacial score (nSPS) is 19.0. The average molecular weight is 473 g/mol. The second-order valence-corrected chi connectivity index (χ2v) is 10.7. The van der Waals surface area contributed by atoms with E-state index in [1.165, 1.54) is 18.0 Å². The Kier molecular flexibility index (Phi) is 6.91. The third kappa shape index (κ3) is 5.30. The molecule has 0 aromatic heterocycles. The van der Waals surface area contributed by atoms with E-state index in [0.717, 1.165) is 42.1 Å². The predicted octanol–water partition coefficient (Wildman–Crippen LogP) is 6.05. The van der Waals surface area contributed by atoms with E-state index in [1.807, 2.05) is 12.1 Å². The van der Waals surface area contributed by atoms with Gasteiger partial charge in [-0.1, -0.05) is 33.8 Å². The Morgan fingerprint density at radius 1 is 1.27 bits per heavy atom. The maximum atomic E-state index is 14.1. The van der Waals surface area contributed by atoms with Gasteiger partial charge >= 0.3 is 5.97 Å². The standard InChI is InChI=1S/C26H33FN2O3S/c1-5-29(6-2)15-26(3,4)13-16-11-18(27)7-10-22(16)33-28-21-9-8-19-20-12-17(20)14-32-24(19)23(21)25(30)31/h7-11,17,20,28H,5-6,12-15H2,1-4H3,(H,30,31)/t17-,20?/m0/s1. The summed E-state index contributed by atoms with van der Waals surface area (Å²) in [4.78, 5) is 15.4. The molecule has 2 aromatic rings. The molecule has 5 nitrogen and oxygen atoms in total. The van der Waals surface area contributed by atoms with Crippen molar-refractivity contribution in [2.24, 2.45) is 11.3 Å². The highest BCUT2D eigenvalue weighted by Gasteiger charge is 2.45. The topological polar surface area (TPSA) is 61.8 Å². The van der Waals surface area contributed by atoms with Crippen LogP contribution in [0.5, 0.6) is 5.75 Å². The molecule has 1 fully saturated rings. The Labute approximate surface area is 199 Å². The second-order valence-electron chi connectivity index (χ2n) is 9.88. The monoisotopic (exact) mass is 472 g/mol. The fraction of sp³-hybridized carbons (Fsp3) is 0.500. The first-order valence-electron chi connectivity index (χ1n) is 11.7. The van der Waals surface area contributed by atoms with Crippen molar-refractivity contribution >= 4 is 23.6 Å². The maximum absolute atomic E-state index is 14.1. The first-order chi connectivity index (χ1) is 15.7. The van der Waals surface area contributed by atoms with E-state index in [0.29, 0.717) is 36.3 Å². The number of nitrogens with zero attached hydrogens (tertiary/aromatic N) is 1. The minimum Gasteiger partial charge on any atom is -0.492 e. The first-order valence-corrected chi connectivity index (χ1v) is 12.5. The molecule has 0 spiro atoms. The smallest absolute Gasteiger partial charge is 0.341 e. The molecule has 178 valence electrons. The fourth-order valence-electron chi connectivity index (χ4n) is 4.87. The van der Waals surface area contributed by atoms with Crippen molar-refractivity contribution < 1.29 is 19.0 Å². The van der Waals surface area contributed by atoms with E-state index >= 15 is 0 Å². The highest BCUT2D eigenvalue weighted by atomic mass is 32.2. The number of nitrogens with one attached hydrogen (secondary N) is 1. The van der Waals surface area contributed by atoms with Crippen molar-refractivity contribution in [1.29, 1.82) is 0 Å². The lowest BCUT2D eigenvalue weighted by molar-refractivity contribution is 0.0692. The molecule has 2 atom stereocenters. The summed E-state index contributed by atoms with van der Waals surface area (Å²) in [5, 5.41) is 9.91. The van der Waals surface area contributed by atoms with Gasteiger partial charge in [0.2, 0.25) is 0 Å². The van der Waals surface area contributed by atoms with Gasteiger partial charge < -0.3 is 19.5 Å². The van der Waals surface area contributed by atoms with Crippen LogP contribution in [-0.2, 0) is 6.42 Å². The number of fused-ring (bicyclic) bond motifs is 3. The molecule has 1 aliphatic heterocycles. The Hall–Kier alpha value is -2.25. The SMILES string of the molecule is CCN(CC)CC(C)(C)Cc1cc(F)ccc1SNc1ccc2c(c1C(=O)O)OC[C@@H]1CC21. The molecule has 1 unspecified atom stereocenters. The van der Waals surface area contributed by atoms with E-state index in [4.69, 9.17) is 4.74 Å². The third-order valence-electron chi connectivity index (χ3n) is 6.67. The van der Waals surface area contributed by atoms with Crippen molar-refractivity contribution in [3.8, 4) is 5.75 Å². The molecule has 0 radical (unpaired) electrons. The molecule has 1 saturated carbocycles. The Morgan fingerprint density at radius 2 is 2.03 bits per heavy atom. The molecule has 2 aromatic carbocycles. The number of anilines is 1. The molecule has 2 aliphatic rings. The Morgan fingerprint density at radius 3 is 2.73 bits per heavy atom. The number of ether oxygens (including phenoxy) is 1. The van der Waals surface area contributed by atoms with Crippen LogP contribution < -0.4 is 9.46 Å². The van der Waals surface area contributed by atoms with Gasteiger partial charge in [-0.2, -0.15) is 0 Å². The zero-order chi connectivity index (χ0) is 23.8. The highest BCUT2D eigenvalue weighted by Crippen LogP contribution is 2.55. The lowest BCUT2D eigenvalue weighted by Gasteiger charge is -2.32. The lowest BCUT2D eigenvalue weighted by Crippen LogP contribution is -2.35. The van der Waals surface area contributed by atoms with Gasteiger partial charge in [-0.15, -0.1) is 0 Å². The molecule has 7 heteroatoms. The minimum absolute atomic E-state index is 0.0399. The number of rotatable bonds is 10. The fourth-order valence-corrected chi connectivity index (χ4v) is 5.65. The summed E-state index contributed by atoms with van der Waals surface area (Å²) in [5.74, 6) is 0.166. The number of halogens is 1. The summed E-state index contributed by atoms with van der Waals surface area (Å²) in [6, 6.07) is 8.61. The van der Waals surface area contributed by atoms with Crippen LogP contribution in [0.15, 0.2) is 35.2 Å². The van der Waals surface area contributed by atoms with Crippen molar-refractivity contribution in [3.63, 3.8) is 0 Å². The summed E-state index contributed by atoms with van der Waals surface area (Å²) in [6.07, 6.45) is 1.78. The number of carboxylic acids is 1. The number of hydrogen-bond donors (Lipinski definition) is 2. The number of carbonyl (C=O) groups is 1. The van der Waals surface area contributed by atoms with Crippen LogP contribution in [0, 0.1) is 17.2 Å². The first kappa shape index (κ1) is 23.9. The summed E-state index contributed by atoms with van der Waals surface area (Å²) < 4.78 is 23.2. The van der Waals surface area contributed by atoms with Gasteiger partial charge in [-0.05, 0) is 84.6 Å². The highest BCUT2D eigenvalue weighted by molar-refractivity contribution is 8.00. The molecule has 0 bridgehead atoms. The molecule has 4 rings (SSSR count). The van der Waals surface area contributed by atoms with Crippen LogP contribution in [0.4, 0.5) is 10.1 Å². The van der Waals surface area contributed by atoms with Crippen molar-refractivity contribution in [2.45, 2.75) is 51.3 Å². The average Bonchev–Trinajstić information content (AvgIpc) is 3.56. The number of aromatic carboxylic acids is 1. The van der Waals surface area contributed by atoms with Crippen LogP contribution in [0.25, 0.3) is 0 Å². The maximum Gasteiger partial charge on any atom is 0.341 e. The van der Waals surface area contributed by atoms with E-state index in [-0.39, 0.29) is 16.8 Å². The van der Waals surface area contributed by atoms with Gasteiger partial charge in [0, 0.05) is 17.4 Å². The van der Waals surface area contributed by atoms with Gasteiger partial charge in [0.25, 0.3) is 0 Å². The molecule has 0 amide bonds. The molecular formula is C26H33FN2O3S. The molecule has 1 heterocycles. The van der Waals surface area contributed by atoms with E-state index in [2.05, 4.69) is 37.3 Å². The van der Waals surface area contributed by atoms with Gasteiger partial charge in [-0.3, -0.25) is 0 Å². The second kappa shape index (κ2) is 9.55. The van der Waals surface area contributed by atoms with Crippen LogP contribution in [0.2, 0.25) is 0 Å². The summed E-state index contributed by atoms with van der Waals surface area (Å²) >= 11 is 1.32. The molecule has 33 heavy (non-hydrogen) atoms. The number of carboxylic acid groups (broad SMARTS) is 1.